The highest BCUT2D eigenvalue weighted by Crippen LogP contribution is 2.50. The van der Waals surface area contributed by atoms with Crippen molar-refractivity contribution in [3.8, 4) is 0 Å². The highest BCUT2D eigenvalue weighted by atomic mass is 16.3. The number of hydrogen-bond acceptors (Lipinski definition) is 2. The van der Waals surface area contributed by atoms with Gasteiger partial charge in [-0.2, -0.15) is 0 Å². The lowest BCUT2D eigenvalue weighted by Gasteiger charge is -2.48. The number of aliphatic hydroxyl groups excluding tert-OH is 1. The van der Waals surface area contributed by atoms with Crippen LogP contribution in [0.15, 0.2) is 35.9 Å². The first-order valence-electron chi connectivity index (χ1n) is 8.23. The van der Waals surface area contributed by atoms with E-state index in [1.54, 1.807) is 0 Å². The molecule has 0 aliphatic carbocycles. The van der Waals surface area contributed by atoms with E-state index in [1.165, 1.54) is 27.7 Å². The van der Waals surface area contributed by atoms with Gasteiger partial charge in [0, 0.05) is 29.1 Å². The summed E-state index contributed by atoms with van der Waals surface area (Å²) in [6, 6.07) is 8.67. The Balaban J connectivity index is 2.03. The molecule has 1 N–H and O–H groups in total. The molecule has 2 aromatic rings. The molecule has 22 heavy (non-hydrogen) atoms. The van der Waals surface area contributed by atoms with E-state index in [0.29, 0.717) is 12.1 Å². The highest BCUT2D eigenvalue weighted by molar-refractivity contribution is 5.86. The number of piperidine rings is 1. The van der Waals surface area contributed by atoms with Crippen molar-refractivity contribution < 1.29 is 5.11 Å². The Bertz CT molecular complexity index is 758. The van der Waals surface area contributed by atoms with Crippen LogP contribution in [-0.4, -0.2) is 34.8 Å². The fourth-order valence-electron chi connectivity index (χ4n) is 4.73. The van der Waals surface area contributed by atoms with E-state index in [0.717, 1.165) is 13.0 Å². The number of nitrogens with zero attached hydrogens (tertiary/aromatic N) is 2. The van der Waals surface area contributed by atoms with Crippen molar-refractivity contribution in [2.75, 3.05) is 20.2 Å². The molecule has 3 nitrogen and oxygen atoms in total. The molecule has 3 heterocycles. The Morgan fingerprint density at radius 3 is 2.82 bits per heavy atom. The van der Waals surface area contributed by atoms with E-state index in [4.69, 9.17) is 0 Å². The van der Waals surface area contributed by atoms with Gasteiger partial charge in [0.2, 0.25) is 0 Å². The maximum Gasteiger partial charge on any atom is 0.0873 e. The van der Waals surface area contributed by atoms with Gasteiger partial charge in [-0.05, 0) is 44.9 Å². The molecule has 116 valence electrons. The van der Waals surface area contributed by atoms with Crippen LogP contribution in [-0.2, 0) is 0 Å². The fraction of sp³-hybridized carbons (Fsp3) is 0.474. The van der Waals surface area contributed by atoms with Gasteiger partial charge in [-0.3, -0.25) is 4.90 Å². The molecule has 0 radical (unpaired) electrons. The van der Waals surface area contributed by atoms with Crippen LogP contribution >= 0.6 is 0 Å². The zero-order chi connectivity index (χ0) is 15.4. The smallest absolute Gasteiger partial charge is 0.0873 e. The SMILES string of the molecule is C/C=C1\CN(C)[C@H]2C[C@@H]1[C@@H](CO)c1c(C)c3ccccc3n12. The Morgan fingerprint density at radius 1 is 1.32 bits per heavy atom. The van der Waals surface area contributed by atoms with Crippen molar-refractivity contribution in [3.05, 3.63) is 47.2 Å². The molecule has 2 bridgehead atoms. The molecule has 0 saturated carbocycles. The van der Waals surface area contributed by atoms with Crippen LogP contribution in [0.2, 0.25) is 0 Å². The summed E-state index contributed by atoms with van der Waals surface area (Å²) < 4.78 is 2.49. The van der Waals surface area contributed by atoms with Gasteiger partial charge in [-0.25, -0.2) is 0 Å². The standard InChI is InChI=1S/C19H24N2O/c1-4-13-10-20(3)18-9-15(13)16(11-22)19-12(2)14-7-5-6-8-17(14)21(18)19/h4-8,15-16,18,22H,9-11H2,1-3H3/b13-4+/t15-,16+,18+/m0/s1. The fourth-order valence-corrected chi connectivity index (χ4v) is 4.73. The zero-order valence-corrected chi connectivity index (χ0v) is 13.6. The summed E-state index contributed by atoms with van der Waals surface area (Å²) in [4.78, 5) is 2.45. The van der Waals surface area contributed by atoms with Gasteiger partial charge in [0.05, 0.1) is 12.8 Å². The topological polar surface area (TPSA) is 28.4 Å². The lowest BCUT2D eigenvalue weighted by Crippen LogP contribution is -2.45. The van der Waals surface area contributed by atoms with Gasteiger partial charge in [-0.15, -0.1) is 0 Å². The molecule has 3 atom stereocenters. The van der Waals surface area contributed by atoms with Crippen molar-refractivity contribution in [1.29, 1.82) is 0 Å². The summed E-state index contributed by atoms with van der Waals surface area (Å²) in [5.74, 6) is 0.704. The molecule has 2 aliphatic rings. The predicted octanol–water partition coefficient (Wildman–Crippen LogP) is 3.44. The number of para-hydroxylation sites is 1. The summed E-state index contributed by atoms with van der Waals surface area (Å²) >= 11 is 0. The summed E-state index contributed by atoms with van der Waals surface area (Å²) in [5, 5.41) is 11.5. The van der Waals surface area contributed by atoms with Crippen LogP contribution in [0.3, 0.4) is 0 Å². The minimum atomic E-state index is 0.226. The summed E-state index contributed by atoms with van der Waals surface area (Å²) in [7, 11) is 2.22. The Labute approximate surface area is 131 Å². The molecule has 2 aliphatic heterocycles. The number of allylic oxidation sites excluding steroid dienone is 1. The van der Waals surface area contributed by atoms with Crippen LogP contribution in [0.5, 0.6) is 0 Å². The third kappa shape index (κ3) is 1.70. The number of fused-ring (bicyclic) bond motifs is 6. The van der Waals surface area contributed by atoms with Gasteiger partial charge in [-0.1, -0.05) is 29.8 Å². The van der Waals surface area contributed by atoms with Crippen LogP contribution in [0, 0.1) is 12.8 Å². The Morgan fingerprint density at radius 2 is 2.09 bits per heavy atom. The van der Waals surface area contributed by atoms with Crippen LogP contribution in [0.1, 0.15) is 36.7 Å². The van der Waals surface area contributed by atoms with Crippen LogP contribution in [0.4, 0.5) is 0 Å². The molecule has 4 rings (SSSR count). The molecule has 1 aromatic heterocycles. The monoisotopic (exact) mass is 296 g/mol. The maximum absolute atomic E-state index is 10.1. The van der Waals surface area contributed by atoms with Gasteiger partial charge in [0.15, 0.2) is 0 Å². The molecule has 1 aromatic carbocycles. The number of benzene rings is 1. The van der Waals surface area contributed by atoms with Gasteiger partial charge in [0.25, 0.3) is 0 Å². The van der Waals surface area contributed by atoms with E-state index >= 15 is 0 Å². The summed E-state index contributed by atoms with van der Waals surface area (Å²) in [6.45, 7) is 5.59. The molecule has 0 unspecified atom stereocenters. The van der Waals surface area contributed by atoms with Crippen molar-refractivity contribution in [2.45, 2.75) is 32.4 Å². The van der Waals surface area contributed by atoms with E-state index in [1.807, 2.05) is 0 Å². The minimum absolute atomic E-state index is 0.226. The van der Waals surface area contributed by atoms with Gasteiger partial charge < -0.3 is 9.67 Å². The second-order valence-electron chi connectivity index (χ2n) is 6.79. The summed E-state index contributed by atoms with van der Waals surface area (Å²) in [5.41, 5.74) is 5.48. The largest absolute Gasteiger partial charge is 0.396 e. The van der Waals surface area contributed by atoms with Gasteiger partial charge >= 0.3 is 0 Å². The second-order valence-corrected chi connectivity index (χ2v) is 6.79. The molecule has 0 spiro atoms. The normalized spacial score (nSPS) is 30.0. The number of hydrogen-bond donors (Lipinski definition) is 1. The minimum Gasteiger partial charge on any atom is -0.396 e. The Hall–Kier alpha value is -1.58. The van der Waals surface area contributed by atoms with E-state index in [9.17, 15) is 5.11 Å². The highest BCUT2D eigenvalue weighted by Gasteiger charge is 2.43. The van der Waals surface area contributed by atoms with Crippen molar-refractivity contribution in [1.82, 2.24) is 9.47 Å². The number of likely N-dealkylation sites (N-methyl/N-ethyl adjacent to an activating group) is 1. The van der Waals surface area contributed by atoms with Crippen molar-refractivity contribution >= 4 is 10.9 Å². The number of rotatable bonds is 1. The van der Waals surface area contributed by atoms with Crippen molar-refractivity contribution in [3.63, 3.8) is 0 Å². The third-order valence-corrected chi connectivity index (χ3v) is 5.80. The second kappa shape index (κ2) is 4.97. The molecule has 3 heteroatoms. The zero-order valence-electron chi connectivity index (χ0n) is 13.6. The number of aromatic nitrogens is 1. The maximum atomic E-state index is 10.1. The van der Waals surface area contributed by atoms with Crippen LogP contribution < -0.4 is 0 Å². The molecular formula is C19H24N2O. The molecule has 1 saturated heterocycles. The lowest BCUT2D eigenvalue weighted by atomic mass is 9.75. The average Bonchev–Trinajstić information content (AvgIpc) is 2.84. The van der Waals surface area contributed by atoms with Crippen LogP contribution in [0.25, 0.3) is 10.9 Å². The lowest BCUT2D eigenvalue weighted by molar-refractivity contribution is 0.0765. The molecule has 1 fully saturated rings. The molecule has 0 amide bonds. The third-order valence-electron chi connectivity index (χ3n) is 5.80. The number of aliphatic hydroxyl groups is 1. The first-order chi connectivity index (χ1) is 10.7. The van der Waals surface area contributed by atoms with Gasteiger partial charge in [0.1, 0.15) is 0 Å². The Kier molecular flexibility index (Phi) is 3.17. The summed E-state index contributed by atoms with van der Waals surface area (Å²) in [6.07, 6.45) is 3.77. The molecular weight excluding hydrogens is 272 g/mol. The predicted molar refractivity (Wildman–Crippen MR) is 90.0 cm³/mol. The average molecular weight is 296 g/mol. The van der Waals surface area contributed by atoms with E-state index in [2.05, 4.69) is 60.7 Å². The van der Waals surface area contributed by atoms with E-state index in [-0.39, 0.29) is 12.5 Å². The first-order valence-corrected chi connectivity index (χ1v) is 8.23. The quantitative estimate of drug-likeness (QED) is 0.817. The van der Waals surface area contributed by atoms with Crippen molar-refractivity contribution in [2.24, 2.45) is 5.92 Å². The number of likely N-dealkylation sites (tertiary alicyclic amines) is 1. The number of aryl methyl sites for hydroxylation is 1. The first kappa shape index (κ1) is 14.0. The van der Waals surface area contributed by atoms with E-state index < -0.39 is 0 Å².